The molecule has 0 aliphatic rings. The van der Waals surface area contributed by atoms with Crippen LogP contribution >= 0.6 is 0 Å². The molecule has 0 bridgehead atoms. The summed E-state index contributed by atoms with van der Waals surface area (Å²) >= 11 is 0. The van der Waals surface area contributed by atoms with Crippen LogP contribution in [0.15, 0.2) is 48.8 Å². The van der Waals surface area contributed by atoms with E-state index in [-0.39, 0.29) is 0 Å². The molecule has 15 heavy (non-hydrogen) atoms. The van der Waals surface area contributed by atoms with Gasteiger partial charge in [0.25, 0.3) is 0 Å². The van der Waals surface area contributed by atoms with Gasteiger partial charge in [0.05, 0.1) is 11.6 Å². The van der Waals surface area contributed by atoms with Crippen LogP contribution in [0, 0.1) is 17.8 Å². The van der Waals surface area contributed by atoms with E-state index in [0.717, 1.165) is 11.1 Å². The minimum Gasteiger partial charge on any atom is -0.264 e. The molecule has 0 N–H and O–H groups in total. The van der Waals surface area contributed by atoms with Gasteiger partial charge in [0, 0.05) is 18.8 Å². The summed E-state index contributed by atoms with van der Waals surface area (Å²) in [6.07, 6.45) is 5.28. The Bertz CT molecular complexity index is 483. The maximum absolute atomic E-state index is 8.90. The summed E-state index contributed by atoms with van der Waals surface area (Å²) < 4.78 is 0. The van der Waals surface area contributed by atoms with Crippen LogP contribution in [0.1, 0.15) is 16.7 Å². The monoisotopic (exact) mass is 193 g/mol. The quantitative estimate of drug-likeness (QED) is 0.734. The highest BCUT2D eigenvalue weighted by Crippen LogP contribution is 2.13. The largest absolute Gasteiger partial charge is 0.264 e. The van der Waals surface area contributed by atoms with Crippen molar-refractivity contribution < 1.29 is 0 Å². The summed E-state index contributed by atoms with van der Waals surface area (Å²) in [5.74, 6) is 0. The number of pyridine rings is 1. The van der Waals surface area contributed by atoms with E-state index >= 15 is 0 Å². The first-order valence-electron chi connectivity index (χ1n) is 4.64. The molecule has 0 aliphatic heterocycles. The van der Waals surface area contributed by atoms with Crippen LogP contribution in [0.25, 0.3) is 0 Å². The van der Waals surface area contributed by atoms with Crippen molar-refractivity contribution in [3.05, 3.63) is 71.9 Å². The Hall–Kier alpha value is -2.14. The van der Waals surface area contributed by atoms with Crippen LogP contribution in [0.2, 0.25) is 0 Å². The number of nitriles is 1. The molecule has 1 radical (unpaired) electrons. The molecular formula is C13H9N2. The standard InChI is InChI=1S/C13H9N2/c14-9-12-6-7-15-10-13(12)8-11-4-2-1-3-5-11/h1-8,10H. The van der Waals surface area contributed by atoms with E-state index in [1.54, 1.807) is 18.5 Å². The van der Waals surface area contributed by atoms with Gasteiger partial charge in [0.1, 0.15) is 0 Å². The van der Waals surface area contributed by atoms with Crippen molar-refractivity contribution >= 4 is 0 Å². The fraction of sp³-hybridized carbons (Fsp3) is 0. The van der Waals surface area contributed by atoms with E-state index < -0.39 is 0 Å². The topological polar surface area (TPSA) is 36.7 Å². The van der Waals surface area contributed by atoms with Crippen molar-refractivity contribution in [2.24, 2.45) is 0 Å². The highest BCUT2D eigenvalue weighted by Gasteiger charge is 2.02. The zero-order valence-electron chi connectivity index (χ0n) is 8.09. The molecule has 2 heteroatoms. The number of hydrogen-bond acceptors (Lipinski definition) is 2. The van der Waals surface area contributed by atoms with Crippen LogP contribution in [0.4, 0.5) is 0 Å². The van der Waals surface area contributed by atoms with Crippen LogP contribution in [-0.4, -0.2) is 4.98 Å². The first-order chi connectivity index (χ1) is 7.40. The lowest BCUT2D eigenvalue weighted by Gasteiger charge is -2.02. The zero-order chi connectivity index (χ0) is 10.5. The molecule has 0 aliphatic carbocycles. The Balaban J connectivity index is 2.29. The van der Waals surface area contributed by atoms with Crippen molar-refractivity contribution in [3.63, 3.8) is 0 Å². The molecule has 1 aromatic heterocycles. The van der Waals surface area contributed by atoms with Gasteiger partial charge in [-0.25, -0.2) is 0 Å². The minimum atomic E-state index is 0.647. The van der Waals surface area contributed by atoms with E-state index in [4.69, 9.17) is 5.26 Å². The highest BCUT2D eigenvalue weighted by molar-refractivity contribution is 5.45. The maximum Gasteiger partial charge on any atom is 0.0995 e. The molecule has 71 valence electrons. The average Bonchev–Trinajstić information content (AvgIpc) is 2.31. The summed E-state index contributed by atoms with van der Waals surface area (Å²) in [5, 5.41) is 8.90. The Morgan fingerprint density at radius 1 is 1.13 bits per heavy atom. The van der Waals surface area contributed by atoms with E-state index in [1.807, 2.05) is 36.8 Å². The lowest BCUT2D eigenvalue weighted by atomic mass is 10.0. The number of rotatable bonds is 2. The third-order valence-corrected chi connectivity index (χ3v) is 2.09. The minimum absolute atomic E-state index is 0.647. The van der Waals surface area contributed by atoms with E-state index in [0.29, 0.717) is 5.56 Å². The van der Waals surface area contributed by atoms with Gasteiger partial charge in [0.15, 0.2) is 0 Å². The molecule has 0 fully saturated rings. The van der Waals surface area contributed by atoms with Crippen LogP contribution in [-0.2, 0) is 0 Å². The second kappa shape index (κ2) is 4.39. The van der Waals surface area contributed by atoms with Gasteiger partial charge in [-0.1, -0.05) is 30.3 Å². The third-order valence-electron chi connectivity index (χ3n) is 2.09. The van der Waals surface area contributed by atoms with E-state index in [9.17, 15) is 0 Å². The van der Waals surface area contributed by atoms with Crippen LogP contribution in [0.3, 0.4) is 0 Å². The van der Waals surface area contributed by atoms with Crippen molar-refractivity contribution in [1.29, 1.82) is 5.26 Å². The van der Waals surface area contributed by atoms with Crippen molar-refractivity contribution in [2.45, 2.75) is 0 Å². The SMILES string of the molecule is N#Cc1ccncc1[CH]c1ccccc1. The first-order valence-corrected chi connectivity index (χ1v) is 4.64. The molecule has 0 saturated heterocycles. The molecule has 1 aromatic carbocycles. The molecule has 1 heterocycles. The van der Waals surface area contributed by atoms with Gasteiger partial charge in [-0.3, -0.25) is 4.98 Å². The Labute approximate surface area is 88.8 Å². The predicted octanol–water partition coefficient (Wildman–Crippen LogP) is 2.55. The van der Waals surface area contributed by atoms with Gasteiger partial charge in [-0.2, -0.15) is 5.26 Å². The van der Waals surface area contributed by atoms with Crippen molar-refractivity contribution in [3.8, 4) is 6.07 Å². The highest BCUT2D eigenvalue weighted by atomic mass is 14.6. The van der Waals surface area contributed by atoms with Gasteiger partial charge >= 0.3 is 0 Å². The fourth-order valence-corrected chi connectivity index (χ4v) is 1.35. The van der Waals surface area contributed by atoms with Crippen LogP contribution in [0.5, 0.6) is 0 Å². The van der Waals surface area contributed by atoms with Gasteiger partial charge < -0.3 is 0 Å². The zero-order valence-corrected chi connectivity index (χ0v) is 8.09. The van der Waals surface area contributed by atoms with Crippen molar-refractivity contribution in [1.82, 2.24) is 4.98 Å². The average molecular weight is 193 g/mol. The van der Waals surface area contributed by atoms with Crippen molar-refractivity contribution in [2.75, 3.05) is 0 Å². The molecule has 2 nitrogen and oxygen atoms in total. The number of aromatic nitrogens is 1. The van der Waals surface area contributed by atoms with E-state index in [2.05, 4.69) is 11.1 Å². The molecule has 2 rings (SSSR count). The second-order valence-corrected chi connectivity index (χ2v) is 3.13. The Morgan fingerprint density at radius 2 is 1.93 bits per heavy atom. The van der Waals surface area contributed by atoms with E-state index in [1.165, 1.54) is 0 Å². The summed E-state index contributed by atoms with van der Waals surface area (Å²) in [4.78, 5) is 4.01. The number of nitrogens with zero attached hydrogens (tertiary/aromatic N) is 2. The molecule has 0 amide bonds. The third kappa shape index (κ3) is 2.21. The summed E-state index contributed by atoms with van der Waals surface area (Å²) in [6.45, 7) is 0. The Morgan fingerprint density at radius 3 is 2.67 bits per heavy atom. The van der Waals surface area contributed by atoms with Gasteiger partial charge in [-0.15, -0.1) is 0 Å². The molecular weight excluding hydrogens is 184 g/mol. The van der Waals surface area contributed by atoms with Crippen LogP contribution < -0.4 is 0 Å². The normalized spacial score (nSPS) is 9.53. The number of benzene rings is 1. The molecule has 0 unspecified atom stereocenters. The first kappa shape index (κ1) is 9.42. The second-order valence-electron chi connectivity index (χ2n) is 3.13. The number of hydrogen-bond donors (Lipinski definition) is 0. The predicted molar refractivity (Wildman–Crippen MR) is 57.9 cm³/mol. The molecule has 0 atom stereocenters. The summed E-state index contributed by atoms with van der Waals surface area (Å²) in [5.41, 5.74) is 2.57. The smallest absolute Gasteiger partial charge is 0.0995 e. The van der Waals surface area contributed by atoms with Gasteiger partial charge in [-0.05, 0) is 17.2 Å². The molecule has 0 spiro atoms. The molecule has 0 saturated carbocycles. The van der Waals surface area contributed by atoms with Gasteiger partial charge in [0.2, 0.25) is 0 Å². The summed E-state index contributed by atoms with van der Waals surface area (Å²) in [7, 11) is 0. The maximum atomic E-state index is 8.90. The fourth-order valence-electron chi connectivity index (χ4n) is 1.35. The Kier molecular flexibility index (Phi) is 2.75. The lowest BCUT2D eigenvalue weighted by Crippen LogP contribution is -1.90. The summed E-state index contributed by atoms with van der Waals surface area (Å²) in [6, 6.07) is 13.7. The lowest BCUT2D eigenvalue weighted by molar-refractivity contribution is 1.25. The molecule has 2 aromatic rings.